The first kappa shape index (κ1) is 19.1. The highest BCUT2D eigenvalue weighted by molar-refractivity contribution is 7.22. The molecular weight excluding hydrogens is 358 g/mol. The maximum absolute atomic E-state index is 13.8. The molecule has 0 aliphatic heterocycles. The molecular formula is C18H24F2N4OS. The number of hydrogen-bond acceptors (Lipinski definition) is 5. The van der Waals surface area contributed by atoms with Gasteiger partial charge in [-0.3, -0.25) is 4.79 Å². The Kier molecular flexibility index (Phi) is 6.16. The molecule has 1 fully saturated rings. The van der Waals surface area contributed by atoms with Crippen LogP contribution in [0.5, 0.6) is 0 Å². The van der Waals surface area contributed by atoms with Crippen LogP contribution in [-0.2, 0) is 4.79 Å². The van der Waals surface area contributed by atoms with Crippen LogP contribution in [-0.4, -0.2) is 49.0 Å². The standard InChI is InChI=1S/C18H24F2N4OS/c1-24(2)7-6-21-13-5-3-4-11(8-13)17(25)23-18-22-16-14(20)9-12(19)10-15(16)26-18/h9-11,13,21H,3-8H2,1-2H3,(H,22,23,25). The first-order valence-corrected chi connectivity index (χ1v) is 9.68. The molecule has 5 nitrogen and oxygen atoms in total. The highest BCUT2D eigenvalue weighted by Gasteiger charge is 2.27. The molecule has 1 heterocycles. The Hall–Kier alpha value is -1.64. The molecule has 1 aliphatic rings. The van der Waals surface area contributed by atoms with Crippen LogP contribution in [0.1, 0.15) is 25.7 Å². The Labute approximate surface area is 155 Å². The van der Waals surface area contributed by atoms with E-state index in [0.29, 0.717) is 15.9 Å². The Morgan fingerprint density at radius 1 is 1.35 bits per heavy atom. The smallest absolute Gasteiger partial charge is 0.229 e. The molecule has 0 saturated heterocycles. The van der Waals surface area contributed by atoms with E-state index in [1.807, 2.05) is 14.1 Å². The van der Waals surface area contributed by atoms with E-state index < -0.39 is 11.6 Å². The van der Waals surface area contributed by atoms with E-state index in [1.165, 1.54) is 6.07 Å². The van der Waals surface area contributed by atoms with Crippen LogP contribution >= 0.6 is 11.3 Å². The predicted molar refractivity (Wildman–Crippen MR) is 100 cm³/mol. The number of carbonyl (C=O) groups excluding carboxylic acids is 1. The number of thiazole rings is 1. The lowest BCUT2D eigenvalue weighted by molar-refractivity contribution is -0.121. The molecule has 0 bridgehead atoms. The van der Waals surface area contributed by atoms with Gasteiger partial charge >= 0.3 is 0 Å². The molecule has 0 radical (unpaired) electrons. The van der Waals surface area contributed by atoms with Gasteiger partial charge in [0.25, 0.3) is 0 Å². The zero-order chi connectivity index (χ0) is 18.7. The highest BCUT2D eigenvalue weighted by atomic mass is 32.1. The average Bonchev–Trinajstić information content (AvgIpc) is 2.97. The summed E-state index contributed by atoms with van der Waals surface area (Å²) in [5.74, 6) is -1.53. The van der Waals surface area contributed by atoms with Crippen molar-refractivity contribution in [2.45, 2.75) is 31.7 Å². The van der Waals surface area contributed by atoms with E-state index in [1.54, 1.807) is 0 Å². The number of benzene rings is 1. The van der Waals surface area contributed by atoms with Gasteiger partial charge in [-0.15, -0.1) is 0 Å². The number of fused-ring (bicyclic) bond motifs is 1. The fraction of sp³-hybridized carbons (Fsp3) is 0.556. The Balaban J connectivity index is 1.59. The Morgan fingerprint density at radius 3 is 2.92 bits per heavy atom. The number of hydrogen-bond donors (Lipinski definition) is 2. The topological polar surface area (TPSA) is 57.3 Å². The van der Waals surface area contributed by atoms with Crippen LogP contribution in [0.25, 0.3) is 10.2 Å². The largest absolute Gasteiger partial charge is 0.313 e. The van der Waals surface area contributed by atoms with E-state index >= 15 is 0 Å². The number of halogens is 2. The third-order valence-corrected chi connectivity index (χ3v) is 5.60. The van der Waals surface area contributed by atoms with Crippen molar-refractivity contribution in [2.75, 3.05) is 32.5 Å². The van der Waals surface area contributed by atoms with Crippen LogP contribution in [0.4, 0.5) is 13.9 Å². The first-order valence-electron chi connectivity index (χ1n) is 8.87. The van der Waals surface area contributed by atoms with E-state index in [4.69, 9.17) is 0 Å². The molecule has 1 aliphatic carbocycles. The number of nitrogens with one attached hydrogen (secondary N) is 2. The molecule has 1 aromatic heterocycles. The van der Waals surface area contributed by atoms with Crippen molar-refractivity contribution >= 4 is 32.6 Å². The van der Waals surface area contributed by atoms with Gasteiger partial charge in [-0.2, -0.15) is 0 Å². The summed E-state index contributed by atoms with van der Waals surface area (Å²) < 4.78 is 27.4. The van der Waals surface area contributed by atoms with Crippen molar-refractivity contribution in [3.8, 4) is 0 Å². The molecule has 2 N–H and O–H groups in total. The summed E-state index contributed by atoms with van der Waals surface area (Å²) in [5, 5.41) is 6.61. The van der Waals surface area contributed by atoms with Gasteiger partial charge in [0.2, 0.25) is 5.91 Å². The summed E-state index contributed by atoms with van der Waals surface area (Å²) in [6.07, 6.45) is 3.69. The number of anilines is 1. The SMILES string of the molecule is CN(C)CCNC1CCCC(C(=O)Nc2nc3c(F)cc(F)cc3s2)C1. The van der Waals surface area contributed by atoms with Crippen molar-refractivity contribution < 1.29 is 13.6 Å². The van der Waals surface area contributed by atoms with Crippen molar-refractivity contribution in [3.05, 3.63) is 23.8 Å². The molecule has 2 atom stereocenters. The third kappa shape index (κ3) is 4.75. The molecule has 142 valence electrons. The maximum Gasteiger partial charge on any atom is 0.229 e. The number of nitrogens with zero attached hydrogens (tertiary/aromatic N) is 2. The number of rotatable bonds is 6. The molecule has 2 unspecified atom stereocenters. The lowest BCUT2D eigenvalue weighted by atomic mass is 9.85. The minimum absolute atomic E-state index is 0.0887. The molecule has 3 rings (SSSR count). The summed E-state index contributed by atoms with van der Waals surface area (Å²) in [6, 6.07) is 2.37. The normalized spacial score (nSPS) is 20.7. The fourth-order valence-electron chi connectivity index (χ4n) is 3.32. The molecule has 0 spiro atoms. The second kappa shape index (κ2) is 8.37. The van der Waals surface area contributed by atoms with Crippen molar-refractivity contribution in [2.24, 2.45) is 5.92 Å². The van der Waals surface area contributed by atoms with Gasteiger partial charge in [0, 0.05) is 31.1 Å². The van der Waals surface area contributed by atoms with Crippen molar-refractivity contribution in [1.29, 1.82) is 0 Å². The lowest BCUT2D eigenvalue weighted by Gasteiger charge is -2.29. The van der Waals surface area contributed by atoms with Gasteiger partial charge in [-0.05, 0) is 39.4 Å². The van der Waals surface area contributed by atoms with E-state index in [9.17, 15) is 13.6 Å². The molecule has 1 aromatic carbocycles. The van der Waals surface area contributed by atoms with Crippen LogP contribution in [0.2, 0.25) is 0 Å². The maximum atomic E-state index is 13.8. The summed E-state index contributed by atoms with van der Waals surface area (Å²) in [5.41, 5.74) is 0.0959. The zero-order valence-electron chi connectivity index (χ0n) is 15.0. The van der Waals surface area contributed by atoms with E-state index in [2.05, 4.69) is 20.5 Å². The summed E-state index contributed by atoms with van der Waals surface area (Å²) in [6.45, 7) is 1.86. The second-order valence-electron chi connectivity index (χ2n) is 7.06. The number of likely N-dealkylation sites (N-methyl/N-ethyl adjacent to an activating group) is 1. The highest BCUT2D eigenvalue weighted by Crippen LogP contribution is 2.30. The van der Waals surface area contributed by atoms with Gasteiger partial charge in [0.15, 0.2) is 10.9 Å². The van der Waals surface area contributed by atoms with Crippen LogP contribution < -0.4 is 10.6 Å². The van der Waals surface area contributed by atoms with Gasteiger partial charge in [-0.1, -0.05) is 17.8 Å². The zero-order valence-corrected chi connectivity index (χ0v) is 15.8. The monoisotopic (exact) mass is 382 g/mol. The minimum Gasteiger partial charge on any atom is -0.313 e. The van der Waals surface area contributed by atoms with Crippen LogP contribution in [0.15, 0.2) is 12.1 Å². The molecule has 8 heteroatoms. The van der Waals surface area contributed by atoms with Crippen LogP contribution in [0.3, 0.4) is 0 Å². The summed E-state index contributed by atoms with van der Waals surface area (Å²) in [7, 11) is 4.07. The van der Waals surface area contributed by atoms with Crippen molar-refractivity contribution in [1.82, 2.24) is 15.2 Å². The first-order chi connectivity index (χ1) is 12.4. The molecule has 1 saturated carbocycles. The van der Waals surface area contributed by atoms with Gasteiger partial charge in [0.1, 0.15) is 11.3 Å². The van der Waals surface area contributed by atoms with E-state index in [-0.39, 0.29) is 17.3 Å². The predicted octanol–water partition coefficient (Wildman–Crippen LogP) is 3.22. The lowest BCUT2D eigenvalue weighted by Crippen LogP contribution is -2.40. The second-order valence-corrected chi connectivity index (χ2v) is 8.09. The summed E-state index contributed by atoms with van der Waals surface area (Å²) in [4.78, 5) is 18.8. The van der Waals surface area contributed by atoms with Gasteiger partial charge in [0.05, 0.1) is 4.70 Å². The molecule has 2 aromatic rings. The number of carbonyl (C=O) groups is 1. The fourth-order valence-corrected chi connectivity index (χ4v) is 4.23. The molecule has 1 amide bonds. The van der Waals surface area contributed by atoms with Gasteiger partial charge in [-0.25, -0.2) is 13.8 Å². The number of aromatic nitrogens is 1. The average molecular weight is 382 g/mol. The van der Waals surface area contributed by atoms with E-state index in [0.717, 1.165) is 56.2 Å². The molecule has 26 heavy (non-hydrogen) atoms. The third-order valence-electron chi connectivity index (χ3n) is 4.68. The summed E-state index contributed by atoms with van der Waals surface area (Å²) >= 11 is 1.09. The van der Waals surface area contributed by atoms with Crippen molar-refractivity contribution in [3.63, 3.8) is 0 Å². The number of amides is 1. The van der Waals surface area contributed by atoms with Gasteiger partial charge < -0.3 is 15.5 Å². The quantitative estimate of drug-likeness (QED) is 0.805. The Morgan fingerprint density at radius 2 is 2.15 bits per heavy atom. The Bertz CT molecular complexity index is 780. The minimum atomic E-state index is -0.709. The van der Waals surface area contributed by atoms with Crippen LogP contribution in [0, 0.1) is 17.6 Å².